The number of carbonyl (C=O) groups is 1. The van der Waals surface area contributed by atoms with Gasteiger partial charge in [0.2, 0.25) is 0 Å². The molecule has 0 aromatic carbocycles. The molecule has 32 heavy (non-hydrogen) atoms. The summed E-state index contributed by atoms with van der Waals surface area (Å²) in [6, 6.07) is 1.92. The second-order valence-corrected chi connectivity index (χ2v) is 8.08. The van der Waals surface area contributed by atoms with Gasteiger partial charge in [0.05, 0.1) is 18.9 Å². The van der Waals surface area contributed by atoms with Crippen LogP contribution in [0.25, 0.3) is 0 Å². The molecule has 0 radical (unpaired) electrons. The molecule has 0 atom stereocenters. The van der Waals surface area contributed by atoms with Crippen molar-refractivity contribution in [2.24, 2.45) is 0 Å². The second-order valence-electron chi connectivity index (χ2n) is 7.72. The Kier molecular flexibility index (Phi) is 7.52. The molecule has 0 aromatic heterocycles. The predicted molar refractivity (Wildman–Crippen MR) is 121 cm³/mol. The van der Waals surface area contributed by atoms with E-state index < -0.39 is 18.1 Å². The molecule has 168 valence electrons. The largest absolute Gasteiger partial charge is 0.392 e. The van der Waals surface area contributed by atoms with Crippen LogP contribution in [0.2, 0.25) is 0 Å². The monoisotopic (exact) mass is 459 g/mol. The lowest BCUT2D eigenvalue weighted by atomic mass is 9.75. The van der Waals surface area contributed by atoms with E-state index in [0.29, 0.717) is 25.7 Å². The quantitative estimate of drug-likeness (QED) is 0.374. The molecule has 3 aliphatic rings. The minimum Gasteiger partial charge on any atom is -0.303 e. The lowest BCUT2D eigenvalue weighted by Crippen LogP contribution is -2.54. The smallest absolute Gasteiger partial charge is 0.303 e. The van der Waals surface area contributed by atoms with Crippen LogP contribution in [-0.4, -0.2) is 32.5 Å². The average molecular weight is 460 g/mol. The Morgan fingerprint density at radius 3 is 2.56 bits per heavy atom. The molecule has 1 saturated carbocycles. The van der Waals surface area contributed by atoms with Crippen molar-refractivity contribution >= 4 is 23.2 Å². The van der Waals surface area contributed by atoms with Crippen molar-refractivity contribution in [3.05, 3.63) is 72.2 Å². The first-order valence-corrected chi connectivity index (χ1v) is 10.9. The number of hydrogen-bond acceptors (Lipinski definition) is 3. The molecular formula is C24H24F3N3OS. The highest BCUT2D eigenvalue weighted by atomic mass is 32.1. The van der Waals surface area contributed by atoms with Gasteiger partial charge in [-0.3, -0.25) is 9.69 Å². The molecule has 4 nitrogen and oxygen atoms in total. The first-order valence-electron chi connectivity index (χ1n) is 10.5. The van der Waals surface area contributed by atoms with Crippen LogP contribution in [-0.2, 0) is 4.79 Å². The van der Waals surface area contributed by atoms with E-state index in [1.165, 1.54) is 17.1 Å². The van der Waals surface area contributed by atoms with E-state index in [1.54, 1.807) is 0 Å². The van der Waals surface area contributed by atoms with E-state index in [1.807, 2.05) is 53.5 Å². The SMILES string of the molecule is N#CC/C=C\C(=C/CC(F)(F)F)N1C(=O)C2(CCC2)N(C2=CC/C=C\C=C/CC=C2)C1=S. The summed E-state index contributed by atoms with van der Waals surface area (Å²) in [6.45, 7) is 0. The first-order chi connectivity index (χ1) is 15.3. The number of alkyl halides is 3. The number of hydrogen-bond donors (Lipinski definition) is 0. The van der Waals surface area contributed by atoms with Gasteiger partial charge in [-0.1, -0.05) is 48.6 Å². The van der Waals surface area contributed by atoms with Gasteiger partial charge < -0.3 is 4.90 Å². The molecule has 2 aliphatic carbocycles. The molecule has 3 rings (SSSR count). The third kappa shape index (κ3) is 5.10. The van der Waals surface area contributed by atoms with Crippen LogP contribution in [0, 0.1) is 11.3 Å². The van der Waals surface area contributed by atoms with Crippen LogP contribution in [0.1, 0.15) is 44.9 Å². The zero-order chi connectivity index (χ0) is 23.2. The highest BCUT2D eigenvalue weighted by molar-refractivity contribution is 7.80. The maximum absolute atomic E-state index is 13.5. The highest BCUT2D eigenvalue weighted by Crippen LogP contribution is 2.47. The Hall–Kier alpha value is -2.92. The summed E-state index contributed by atoms with van der Waals surface area (Å²) in [4.78, 5) is 16.6. The van der Waals surface area contributed by atoms with Crippen LogP contribution in [0.5, 0.6) is 0 Å². The van der Waals surface area contributed by atoms with Gasteiger partial charge in [-0.05, 0) is 56.5 Å². The average Bonchev–Trinajstić information content (AvgIpc) is 2.95. The Morgan fingerprint density at radius 2 is 1.94 bits per heavy atom. The predicted octanol–water partition coefficient (Wildman–Crippen LogP) is 5.99. The van der Waals surface area contributed by atoms with Crippen molar-refractivity contribution < 1.29 is 18.0 Å². The lowest BCUT2D eigenvalue weighted by Gasteiger charge is -2.43. The van der Waals surface area contributed by atoms with Crippen molar-refractivity contribution in [3.8, 4) is 6.07 Å². The van der Waals surface area contributed by atoms with Crippen molar-refractivity contribution in [1.29, 1.82) is 5.26 Å². The number of halogens is 3. The van der Waals surface area contributed by atoms with Gasteiger partial charge in [0.15, 0.2) is 5.11 Å². The van der Waals surface area contributed by atoms with Gasteiger partial charge in [-0.2, -0.15) is 18.4 Å². The van der Waals surface area contributed by atoms with Gasteiger partial charge in [-0.25, -0.2) is 0 Å². The van der Waals surface area contributed by atoms with E-state index in [9.17, 15) is 18.0 Å². The fourth-order valence-corrected chi connectivity index (χ4v) is 4.37. The van der Waals surface area contributed by atoms with Crippen LogP contribution in [0.3, 0.4) is 0 Å². The Labute approximate surface area is 191 Å². The van der Waals surface area contributed by atoms with Crippen molar-refractivity contribution in [3.63, 3.8) is 0 Å². The topological polar surface area (TPSA) is 47.3 Å². The fourth-order valence-electron chi connectivity index (χ4n) is 3.90. The summed E-state index contributed by atoms with van der Waals surface area (Å²) in [5.41, 5.74) is -0.0626. The van der Waals surface area contributed by atoms with E-state index >= 15 is 0 Å². The number of thiocarbonyl (C=S) groups is 1. The normalized spacial score (nSPS) is 23.3. The van der Waals surface area contributed by atoms with E-state index in [2.05, 4.69) is 0 Å². The van der Waals surface area contributed by atoms with Gasteiger partial charge in [-0.15, -0.1) is 0 Å². The van der Waals surface area contributed by atoms with E-state index in [4.69, 9.17) is 17.5 Å². The van der Waals surface area contributed by atoms with Crippen LogP contribution < -0.4 is 0 Å². The third-order valence-corrected chi connectivity index (χ3v) is 5.92. The summed E-state index contributed by atoms with van der Waals surface area (Å²) in [6.07, 6.45) is 15.3. The molecule has 8 heteroatoms. The summed E-state index contributed by atoms with van der Waals surface area (Å²) in [7, 11) is 0. The zero-order valence-electron chi connectivity index (χ0n) is 17.5. The number of carbonyl (C=O) groups excluding carboxylic acids is 1. The number of nitrogens with zero attached hydrogens (tertiary/aromatic N) is 3. The lowest BCUT2D eigenvalue weighted by molar-refractivity contribution is -0.135. The zero-order valence-corrected chi connectivity index (χ0v) is 18.3. The van der Waals surface area contributed by atoms with Crippen LogP contribution in [0.15, 0.2) is 72.2 Å². The van der Waals surface area contributed by atoms with Crippen molar-refractivity contribution in [2.75, 3.05) is 0 Å². The van der Waals surface area contributed by atoms with Gasteiger partial charge >= 0.3 is 6.18 Å². The Morgan fingerprint density at radius 1 is 1.22 bits per heavy atom. The molecule has 2 fully saturated rings. The molecule has 0 aromatic rings. The first kappa shape index (κ1) is 23.7. The standard InChI is InChI=1S/C24H24F3N3OS/c25-24(26,27)17-14-19(11-8-9-18-28)29-21(31)23(15-10-16-23)30(22(29)32)20-12-6-4-2-1-3-5-7-13-20/h1-4,7-8,11-14H,5-6,9-10,15-17H2/b3-1-,4-2-,11-8-,13-7?,19-14+,20-12?. The highest BCUT2D eigenvalue weighted by Gasteiger charge is 2.59. The minimum absolute atomic E-state index is 0.0146. The summed E-state index contributed by atoms with van der Waals surface area (Å²) >= 11 is 5.67. The minimum atomic E-state index is -4.42. The van der Waals surface area contributed by atoms with Crippen LogP contribution in [0.4, 0.5) is 13.2 Å². The van der Waals surface area contributed by atoms with Gasteiger partial charge in [0.1, 0.15) is 5.54 Å². The van der Waals surface area contributed by atoms with Crippen molar-refractivity contribution in [2.45, 2.75) is 56.7 Å². The third-order valence-electron chi connectivity index (χ3n) is 5.56. The number of amides is 1. The van der Waals surface area contributed by atoms with E-state index in [-0.39, 0.29) is 23.1 Å². The van der Waals surface area contributed by atoms with Gasteiger partial charge in [0, 0.05) is 11.4 Å². The molecule has 1 aliphatic heterocycles. The molecule has 1 amide bonds. The fraction of sp³-hybridized carbons (Fsp3) is 0.375. The molecule has 1 heterocycles. The van der Waals surface area contributed by atoms with Crippen LogP contribution >= 0.6 is 12.2 Å². The molecule has 0 unspecified atom stereocenters. The maximum Gasteiger partial charge on any atom is 0.392 e. The molecular weight excluding hydrogens is 435 g/mol. The Bertz CT molecular complexity index is 975. The molecule has 0 bridgehead atoms. The molecule has 1 saturated heterocycles. The maximum atomic E-state index is 13.5. The summed E-state index contributed by atoms with van der Waals surface area (Å²) in [5.74, 6) is -0.314. The summed E-state index contributed by atoms with van der Waals surface area (Å²) < 4.78 is 38.8. The summed E-state index contributed by atoms with van der Waals surface area (Å²) in [5, 5.41) is 8.97. The Balaban J connectivity index is 2.01. The van der Waals surface area contributed by atoms with Crippen molar-refractivity contribution in [1.82, 2.24) is 9.80 Å². The molecule has 1 spiro atoms. The van der Waals surface area contributed by atoms with Gasteiger partial charge in [0.25, 0.3) is 5.91 Å². The van der Waals surface area contributed by atoms with E-state index in [0.717, 1.165) is 18.2 Å². The number of rotatable bonds is 5. The second kappa shape index (κ2) is 10.1. The number of allylic oxidation sites excluding steroid dienone is 10. The molecule has 0 N–H and O–H groups in total. The number of nitriles is 1.